The van der Waals surface area contributed by atoms with Gasteiger partial charge in [0, 0.05) is 24.2 Å². The van der Waals surface area contributed by atoms with Gasteiger partial charge in [-0.05, 0) is 53.2 Å². The Bertz CT molecular complexity index is 971. The zero-order chi connectivity index (χ0) is 18.3. The van der Waals surface area contributed by atoms with Gasteiger partial charge in [-0.3, -0.25) is 4.79 Å². The smallest absolute Gasteiger partial charge is 0.232 e. The van der Waals surface area contributed by atoms with E-state index in [-0.39, 0.29) is 17.6 Å². The van der Waals surface area contributed by atoms with Crippen molar-refractivity contribution < 1.29 is 13.7 Å². The summed E-state index contributed by atoms with van der Waals surface area (Å²) >= 11 is 3.15. The van der Waals surface area contributed by atoms with Crippen molar-refractivity contribution >= 4 is 27.5 Å². The van der Waals surface area contributed by atoms with Crippen LogP contribution in [0.25, 0.3) is 11.4 Å². The van der Waals surface area contributed by atoms with Crippen LogP contribution in [0.15, 0.2) is 51.5 Å². The zero-order valence-electron chi connectivity index (χ0n) is 13.9. The highest BCUT2D eigenvalue weighted by Gasteiger charge is 2.35. The molecule has 3 aromatic rings. The Labute approximate surface area is 158 Å². The molecule has 1 amide bonds. The minimum absolute atomic E-state index is 0.0307. The van der Waals surface area contributed by atoms with Crippen molar-refractivity contribution in [2.75, 3.05) is 11.4 Å². The summed E-state index contributed by atoms with van der Waals surface area (Å²) < 4.78 is 19.1. The van der Waals surface area contributed by atoms with Crippen molar-refractivity contribution in [2.24, 2.45) is 0 Å². The summed E-state index contributed by atoms with van der Waals surface area (Å²) in [5.41, 5.74) is 2.65. The maximum absolute atomic E-state index is 13.4. The van der Waals surface area contributed by atoms with Crippen molar-refractivity contribution in [1.29, 1.82) is 0 Å². The molecule has 5 nitrogen and oxygen atoms in total. The Balaban J connectivity index is 1.55. The third-order valence-electron chi connectivity index (χ3n) is 4.44. The number of hydrogen-bond donors (Lipinski definition) is 0. The summed E-state index contributed by atoms with van der Waals surface area (Å²) in [7, 11) is 0. The Kier molecular flexibility index (Phi) is 4.32. The van der Waals surface area contributed by atoms with E-state index in [2.05, 4.69) is 26.1 Å². The van der Waals surface area contributed by atoms with Gasteiger partial charge in [0.05, 0.1) is 10.4 Å². The lowest BCUT2D eigenvalue weighted by Gasteiger charge is -2.16. The quantitative estimate of drug-likeness (QED) is 0.633. The Morgan fingerprint density at radius 2 is 2.00 bits per heavy atom. The SMILES string of the molecule is Cc1ccc(N2CC(c3nc(-c4ccc(F)c(Br)c4)no3)CC2=O)cc1. The molecule has 4 rings (SSSR count). The van der Waals surface area contributed by atoms with Gasteiger partial charge in [0.15, 0.2) is 0 Å². The second kappa shape index (κ2) is 6.64. The van der Waals surface area contributed by atoms with E-state index in [0.717, 1.165) is 11.3 Å². The van der Waals surface area contributed by atoms with Crippen LogP contribution in [0.3, 0.4) is 0 Å². The highest BCUT2D eigenvalue weighted by Crippen LogP contribution is 2.32. The molecular weight excluding hydrogens is 401 g/mol. The van der Waals surface area contributed by atoms with Crippen LogP contribution in [0.1, 0.15) is 23.8 Å². The standard InChI is InChI=1S/C19H15BrFN3O2/c1-11-2-5-14(6-3-11)24-10-13(9-17(24)25)19-22-18(23-26-19)12-4-7-16(21)15(20)8-12/h2-8,13H,9-10H2,1H3. The summed E-state index contributed by atoms with van der Waals surface area (Å²) in [5.74, 6) is 0.315. The third-order valence-corrected chi connectivity index (χ3v) is 5.05. The molecule has 0 N–H and O–H groups in total. The van der Waals surface area contributed by atoms with E-state index >= 15 is 0 Å². The summed E-state index contributed by atoms with van der Waals surface area (Å²) in [6.07, 6.45) is 0.322. The second-order valence-corrected chi connectivity index (χ2v) is 7.18. The summed E-state index contributed by atoms with van der Waals surface area (Å²) in [6.45, 7) is 2.50. The monoisotopic (exact) mass is 415 g/mol. The molecule has 1 saturated heterocycles. The summed E-state index contributed by atoms with van der Waals surface area (Å²) in [6, 6.07) is 12.4. The van der Waals surface area contributed by atoms with Crippen LogP contribution in [0, 0.1) is 12.7 Å². The number of rotatable bonds is 3. The number of hydrogen-bond acceptors (Lipinski definition) is 4. The first-order valence-electron chi connectivity index (χ1n) is 8.17. The number of amides is 1. The van der Waals surface area contributed by atoms with Gasteiger partial charge in [-0.25, -0.2) is 4.39 Å². The Morgan fingerprint density at radius 3 is 2.73 bits per heavy atom. The van der Waals surface area contributed by atoms with Crippen LogP contribution in [0.2, 0.25) is 0 Å². The molecule has 0 saturated carbocycles. The maximum Gasteiger partial charge on any atom is 0.232 e. The number of nitrogens with zero attached hydrogens (tertiary/aromatic N) is 3. The average Bonchev–Trinajstić information content (AvgIpc) is 3.25. The molecule has 1 aliphatic rings. The van der Waals surface area contributed by atoms with Gasteiger partial charge in [-0.15, -0.1) is 0 Å². The highest BCUT2D eigenvalue weighted by molar-refractivity contribution is 9.10. The van der Waals surface area contributed by atoms with Gasteiger partial charge >= 0.3 is 0 Å². The molecular formula is C19H15BrFN3O2. The molecule has 0 spiro atoms. The molecule has 7 heteroatoms. The normalized spacial score (nSPS) is 17.1. The molecule has 0 bridgehead atoms. The Morgan fingerprint density at radius 1 is 1.23 bits per heavy atom. The molecule has 1 atom stereocenters. The molecule has 1 aliphatic heterocycles. The van der Waals surface area contributed by atoms with Gasteiger partial charge < -0.3 is 9.42 Å². The summed E-state index contributed by atoms with van der Waals surface area (Å²) in [5, 5.41) is 3.98. The van der Waals surface area contributed by atoms with Gasteiger partial charge in [0.25, 0.3) is 0 Å². The van der Waals surface area contributed by atoms with Crippen LogP contribution in [0.5, 0.6) is 0 Å². The minimum Gasteiger partial charge on any atom is -0.339 e. The zero-order valence-corrected chi connectivity index (χ0v) is 15.5. The lowest BCUT2D eigenvalue weighted by atomic mass is 10.1. The van der Waals surface area contributed by atoms with Gasteiger partial charge in [0.2, 0.25) is 17.6 Å². The maximum atomic E-state index is 13.4. The average molecular weight is 416 g/mol. The van der Waals surface area contributed by atoms with Crippen LogP contribution < -0.4 is 4.90 Å². The first-order chi connectivity index (χ1) is 12.5. The molecule has 1 fully saturated rings. The first kappa shape index (κ1) is 16.9. The highest BCUT2D eigenvalue weighted by atomic mass is 79.9. The summed E-state index contributed by atoms with van der Waals surface area (Å²) in [4.78, 5) is 18.5. The topological polar surface area (TPSA) is 59.2 Å². The van der Waals surface area contributed by atoms with E-state index < -0.39 is 0 Å². The predicted octanol–water partition coefficient (Wildman–Crippen LogP) is 4.47. The van der Waals surface area contributed by atoms with Crippen molar-refractivity contribution in [3.05, 3.63) is 64.2 Å². The first-order valence-corrected chi connectivity index (χ1v) is 8.96. The number of carbonyl (C=O) groups is 1. The van der Waals surface area contributed by atoms with Crippen molar-refractivity contribution in [2.45, 2.75) is 19.3 Å². The number of carbonyl (C=O) groups excluding carboxylic acids is 1. The van der Waals surface area contributed by atoms with Crippen LogP contribution >= 0.6 is 15.9 Å². The fourth-order valence-electron chi connectivity index (χ4n) is 3.00. The van der Waals surface area contributed by atoms with Crippen molar-refractivity contribution in [3.63, 3.8) is 0 Å². The lowest BCUT2D eigenvalue weighted by molar-refractivity contribution is -0.117. The second-order valence-electron chi connectivity index (χ2n) is 6.33. The predicted molar refractivity (Wildman–Crippen MR) is 98.3 cm³/mol. The molecule has 0 radical (unpaired) electrons. The van der Waals surface area contributed by atoms with E-state index in [1.54, 1.807) is 17.0 Å². The van der Waals surface area contributed by atoms with E-state index in [4.69, 9.17) is 4.52 Å². The molecule has 26 heavy (non-hydrogen) atoms. The van der Waals surface area contributed by atoms with Crippen LogP contribution in [0.4, 0.5) is 10.1 Å². The van der Waals surface area contributed by atoms with E-state index in [9.17, 15) is 9.18 Å². The van der Waals surface area contributed by atoms with Crippen molar-refractivity contribution in [1.82, 2.24) is 10.1 Å². The molecule has 0 aliphatic carbocycles. The third kappa shape index (κ3) is 3.14. The van der Waals surface area contributed by atoms with Crippen LogP contribution in [-0.2, 0) is 4.79 Å². The van der Waals surface area contributed by atoms with Gasteiger partial charge in [-0.2, -0.15) is 4.98 Å². The van der Waals surface area contributed by atoms with Crippen LogP contribution in [-0.4, -0.2) is 22.6 Å². The minimum atomic E-state index is -0.354. The fraction of sp³-hybridized carbons (Fsp3) is 0.211. The van der Waals surface area contributed by atoms with E-state index in [0.29, 0.717) is 34.7 Å². The molecule has 2 heterocycles. The number of aromatic nitrogens is 2. The van der Waals surface area contributed by atoms with E-state index in [1.807, 2.05) is 31.2 Å². The fourth-order valence-corrected chi connectivity index (χ4v) is 3.38. The van der Waals surface area contributed by atoms with E-state index in [1.165, 1.54) is 6.07 Å². The number of halogens is 2. The largest absolute Gasteiger partial charge is 0.339 e. The number of benzene rings is 2. The molecule has 2 aromatic carbocycles. The Hall–Kier alpha value is -2.54. The lowest BCUT2D eigenvalue weighted by Crippen LogP contribution is -2.24. The van der Waals surface area contributed by atoms with Gasteiger partial charge in [-0.1, -0.05) is 22.9 Å². The molecule has 1 aromatic heterocycles. The molecule has 1 unspecified atom stereocenters. The van der Waals surface area contributed by atoms with Crippen molar-refractivity contribution in [3.8, 4) is 11.4 Å². The number of aryl methyl sites for hydroxylation is 1. The number of anilines is 1. The van der Waals surface area contributed by atoms with Gasteiger partial charge in [0.1, 0.15) is 5.82 Å². The molecule has 132 valence electrons.